The Bertz CT molecular complexity index is 984. The molecule has 1 amide bonds. The maximum atomic E-state index is 12.2. The van der Waals surface area contributed by atoms with Gasteiger partial charge in [0.05, 0.1) is 12.1 Å². The predicted molar refractivity (Wildman–Crippen MR) is 101 cm³/mol. The Balaban J connectivity index is 1.27. The molecule has 3 aromatic rings. The van der Waals surface area contributed by atoms with E-state index in [1.807, 2.05) is 22.7 Å². The van der Waals surface area contributed by atoms with Crippen molar-refractivity contribution in [2.45, 2.75) is 63.8 Å². The molecule has 3 heterocycles. The van der Waals surface area contributed by atoms with Crippen LogP contribution in [0, 0.1) is 5.92 Å². The first-order valence-corrected chi connectivity index (χ1v) is 10.2. The minimum atomic E-state index is 0.0748. The smallest absolute Gasteiger partial charge is 0.261 e. The fraction of sp³-hybridized carbons (Fsp3) is 0.550. The molecule has 1 N–H and O–H groups in total. The Labute approximate surface area is 162 Å². The fourth-order valence-corrected chi connectivity index (χ4v) is 4.00. The Morgan fingerprint density at radius 3 is 2.89 bits per heavy atom. The monoisotopic (exact) mass is 380 g/mol. The number of fused-ring (bicyclic) bond motifs is 1. The van der Waals surface area contributed by atoms with Crippen LogP contribution in [0.1, 0.15) is 68.9 Å². The lowest BCUT2D eigenvalue weighted by Crippen LogP contribution is -2.24. The molecule has 0 aromatic carbocycles. The molecular formula is C20H24N6O2. The predicted octanol–water partition coefficient (Wildman–Crippen LogP) is 3.24. The minimum Gasteiger partial charge on any atom is -0.349 e. The second kappa shape index (κ2) is 7.33. The third kappa shape index (κ3) is 3.50. The number of nitrogens with zero attached hydrogens (tertiary/aromatic N) is 5. The zero-order valence-corrected chi connectivity index (χ0v) is 15.8. The quantitative estimate of drug-likeness (QED) is 0.676. The summed E-state index contributed by atoms with van der Waals surface area (Å²) in [7, 11) is 0. The SMILES string of the molecule is O=C(CCC1CCCC1)NCc1nnc2c(-c3nc(C4CC4)no3)cccn12. The molecule has 0 atom stereocenters. The second-order valence-electron chi connectivity index (χ2n) is 7.93. The third-order valence-electron chi connectivity index (χ3n) is 5.82. The van der Waals surface area contributed by atoms with Gasteiger partial charge in [-0.3, -0.25) is 9.20 Å². The lowest BCUT2D eigenvalue weighted by atomic mass is 10.0. The highest BCUT2D eigenvalue weighted by molar-refractivity contribution is 5.76. The van der Waals surface area contributed by atoms with Gasteiger partial charge < -0.3 is 9.84 Å². The van der Waals surface area contributed by atoms with Gasteiger partial charge in [0, 0.05) is 18.5 Å². The molecule has 2 saturated carbocycles. The van der Waals surface area contributed by atoms with Crippen molar-refractivity contribution in [2.75, 3.05) is 0 Å². The van der Waals surface area contributed by atoms with Gasteiger partial charge in [0.2, 0.25) is 5.91 Å². The van der Waals surface area contributed by atoms with Crippen molar-refractivity contribution in [1.29, 1.82) is 0 Å². The topological polar surface area (TPSA) is 98.2 Å². The van der Waals surface area contributed by atoms with E-state index in [1.165, 1.54) is 25.7 Å². The van der Waals surface area contributed by atoms with Crippen LogP contribution in [0.5, 0.6) is 0 Å². The lowest BCUT2D eigenvalue weighted by molar-refractivity contribution is -0.121. The van der Waals surface area contributed by atoms with Gasteiger partial charge >= 0.3 is 0 Å². The van der Waals surface area contributed by atoms with E-state index in [2.05, 4.69) is 25.7 Å². The van der Waals surface area contributed by atoms with Crippen LogP contribution >= 0.6 is 0 Å². The van der Waals surface area contributed by atoms with Crippen molar-refractivity contribution in [3.05, 3.63) is 30.0 Å². The van der Waals surface area contributed by atoms with Gasteiger partial charge in [0.25, 0.3) is 5.89 Å². The van der Waals surface area contributed by atoms with Crippen LogP contribution in [0.3, 0.4) is 0 Å². The lowest BCUT2D eigenvalue weighted by Gasteiger charge is -2.08. The summed E-state index contributed by atoms with van der Waals surface area (Å²) >= 11 is 0. The number of rotatable bonds is 7. The molecule has 2 fully saturated rings. The molecular weight excluding hydrogens is 356 g/mol. The number of amides is 1. The summed E-state index contributed by atoms with van der Waals surface area (Å²) < 4.78 is 7.30. The molecule has 8 nitrogen and oxygen atoms in total. The molecule has 2 aliphatic rings. The molecule has 0 bridgehead atoms. The van der Waals surface area contributed by atoms with E-state index in [-0.39, 0.29) is 5.91 Å². The highest BCUT2D eigenvalue weighted by Crippen LogP contribution is 2.39. The van der Waals surface area contributed by atoms with Gasteiger partial charge in [-0.15, -0.1) is 10.2 Å². The van der Waals surface area contributed by atoms with Crippen LogP contribution in [0.4, 0.5) is 0 Å². The first kappa shape index (κ1) is 17.3. The van der Waals surface area contributed by atoms with Gasteiger partial charge in [-0.25, -0.2) is 0 Å². The number of nitrogens with one attached hydrogen (secondary N) is 1. The molecule has 0 radical (unpaired) electrons. The fourth-order valence-electron chi connectivity index (χ4n) is 4.00. The van der Waals surface area contributed by atoms with Gasteiger partial charge in [0.1, 0.15) is 0 Å². The molecule has 0 aliphatic heterocycles. The molecule has 5 rings (SSSR count). The molecule has 0 saturated heterocycles. The zero-order chi connectivity index (χ0) is 18.9. The first-order chi connectivity index (χ1) is 13.8. The third-order valence-corrected chi connectivity index (χ3v) is 5.82. The maximum absolute atomic E-state index is 12.2. The molecule has 0 spiro atoms. The molecule has 28 heavy (non-hydrogen) atoms. The molecule has 0 unspecified atom stereocenters. The van der Waals surface area contributed by atoms with Gasteiger partial charge in [-0.2, -0.15) is 4.98 Å². The summed E-state index contributed by atoms with van der Waals surface area (Å²) in [5.41, 5.74) is 1.41. The van der Waals surface area contributed by atoms with E-state index in [9.17, 15) is 4.79 Å². The number of pyridine rings is 1. The summed E-state index contributed by atoms with van der Waals surface area (Å²) in [5, 5.41) is 15.6. The molecule has 3 aromatic heterocycles. The number of hydrogen-bond donors (Lipinski definition) is 1. The standard InChI is InChI=1S/C20H24N6O2/c27-17(10-7-13-4-1-2-5-13)21-12-16-23-24-19-15(6-3-11-26(16)19)20-22-18(25-28-20)14-8-9-14/h3,6,11,13-14H,1-2,4-5,7-10,12H2,(H,21,27). The first-order valence-electron chi connectivity index (χ1n) is 10.2. The normalized spacial score (nSPS) is 17.4. The van der Waals surface area contributed by atoms with E-state index in [0.717, 1.165) is 36.6 Å². The van der Waals surface area contributed by atoms with Crippen LogP contribution in [0.2, 0.25) is 0 Å². The van der Waals surface area contributed by atoms with E-state index in [4.69, 9.17) is 4.52 Å². The summed E-state index contributed by atoms with van der Waals surface area (Å²) in [5.74, 6) is 3.15. The van der Waals surface area contributed by atoms with E-state index >= 15 is 0 Å². The number of aromatic nitrogens is 5. The largest absolute Gasteiger partial charge is 0.349 e. The number of hydrogen-bond acceptors (Lipinski definition) is 6. The average Bonchev–Trinajstić information content (AvgIpc) is 3.14. The van der Waals surface area contributed by atoms with Crippen LogP contribution in [-0.4, -0.2) is 30.6 Å². The molecule has 8 heteroatoms. The van der Waals surface area contributed by atoms with Crippen molar-refractivity contribution in [2.24, 2.45) is 5.92 Å². The van der Waals surface area contributed by atoms with Crippen LogP contribution in [0.15, 0.2) is 22.9 Å². The minimum absolute atomic E-state index is 0.0748. The van der Waals surface area contributed by atoms with E-state index in [0.29, 0.717) is 36.2 Å². The average molecular weight is 380 g/mol. The highest BCUT2D eigenvalue weighted by Gasteiger charge is 2.29. The summed E-state index contributed by atoms with van der Waals surface area (Å²) in [6, 6.07) is 3.80. The van der Waals surface area contributed by atoms with Gasteiger partial charge in [-0.1, -0.05) is 30.8 Å². The Hall–Kier alpha value is -2.77. The Morgan fingerprint density at radius 1 is 1.21 bits per heavy atom. The number of carbonyl (C=O) groups excluding carboxylic acids is 1. The van der Waals surface area contributed by atoms with Crippen molar-refractivity contribution >= 4 is 11.6 Å². The summed E-state index contributed by atoms with van der Waals surface area (Å²) in [4.78, 5) is 16.7. The highest BCUT2D eigenvalue weighted by atomic mass is 16.5. The van der Waals surface area contributed by atoms with Crippen LogP contribution < -0.4 is 5.32 Å². The van der Waals surface area contributed by atoms with E-state index < -0.39 is 0 Å². The summed E-state index contributed by atoms with van der Waals surface area (Å²) in [6.45, 7) is 0.352. The van der Waals surface area contributed by atoms with Gasteiger partial charge in [0.15, 0.2) is 17.3 Å². The Morgan fingerprint density at radius 2 is 2.07 bits per heavy atom. The number of carbonyl (C=O) groups is 1. The van der Waals surface area contributed by atoms with Crippen molar-refractivity contribution < 1.29 is 9.32 Å². The van der Waals surface area contributed by atoms with Gasteiger partial charge in [-0.05, 0) is 37.3 Å². The van der Waals surface area contributed by atoms with Crippen molar-refractivity contribution in [3.8, 4) is 11.5 Å². The van der Waals surface area contributed by atoms with Crippen molar-refractivity contribution in [3.63, 3.8) is 0 Å². The van der Waals surface area contributed by atoms with Crippen molar-refractivity contribution in [1.82, 2.24) is 30.1 Å². The Kier molecular flexibility index (Phi) is 4.54. The molecule has 2 aliphatic carbocycles. The van der Waals surface area contributed by atoms with Crippen LogP contribution in [-0.2, 0) is 11.3 Å². The second-order valence-corrected chi connectivity index (χ2v) is 7.93. The summed E-state index contributed by atoms with van der Waals surface area (Å²) in [6.07, 6.45) is 10.8. The zero-order valence-electron chi connectivity index (χ0n) is 15.8. The van der Waals surface area contributed by atoms with Crippen LogP contribution in [0.25, 0.3) is 17.1 Å². The maximum Gasteiger partial charge on any atom is 0.261 e. The van der Waals surface area contributed by atoms with E-state index in [1.54, 1.807) is 0 Å². The molecule has 146 valence electrons.